The van der Waals surface area contributed by atoms with Crippen LogP contribution in [0.4, 0.5) is 0 Å². The molecule has 1 aliphatic carbocycles. The van der Waals surface area contributed by atoms with Crippen LogP contribution in [-0.2, 0) is 11.2 Å². The number of hydrogen-bond acceptors (Lipinski definition) is 6. The number of rotatable bonds is 4. The summed E-state index contributed by atoms with van der Waals surface area (Å²) in [6.07, 6.45) is 2.05. The molecular formula is C21H29N3O4S. The lowest BCUT2D eigenvalue weighted by molar-refractivity contribution is -0.0129. The van der Waals surface area contributed by atoms with Crippen molar-refractivity contribution in [2.45, 2.75) is 38.6 Å². The fourth-order valence-corrected chi connectivity index (χ4v) is 6.15. The van der Waals surface area contributed by atoms with E-state index in [0.29, 0.717) is 43.9 Å². The third-order valence-electron chi connectivity index (χ3n) is 6.30. The molecule has 29 heavy (non-hydrogen) atoms. The summed E-state index contributed by atoms with van der Waals surface area (Å²) in [5.41, 5.74) is 0.456. The summed E-state index contributed by atoms with van der Waals surface area (Å²) < 4.78 is 5.48. The quantitative estimate of drug-likeness (QED) is 0.768. The Morgan fingerprint density at radius 2 is 2.03 bits per heavy atom. The predicted octanol–water partition coefficient (Wildman–Crippen LogP) is 1.47. The van der Waals surface area contributed by atoms with Gasteiger partial charge in [0.05, 0.1) is 13.2 Å². The molecule has 2 aliphatic heterocycles. The van der Waals surface area contributed by atoms with Gasteiger partial charge >= 0.3 is 0 Å². The van der Waals surface area contributed by atoms with Gasteiger partial charge in [0, 0.05) is 48.6 Å². The summed E-state index contributed by atoms with van der Waals surface area (Å²) >= 11 is 1.90. The van der Waals surface area contributed by atoms with Gasteiger partial charge in [-0.25, -0.2) is 0 Å². The van der Waals surface area contributed by atoms with Gasteiger partial charge in [0.2, 0.25) is 0 Å². The van der Waals surface area contributed by atoms with Crippen LogP contribution in [0.2, 0.25) is 0 Å². The predicted molar refractivity (Wildman–Crippen MR) is 113 cm³/mol. The maximum Gasteiger partial charge on any atom is 0.261 e. The van der Waals surface area contributed by atoms with Gasteiger partial charge in [-0.05, 0) is 30.1 Å². The number of aromatic nitrogens is 1. The Balaban J connectivity index is 1.52. The topological polar surface area (TPSA) is 91.5 Å². The van der Waals surface area contributed by atoms with Crippen LogP contribution in [0.15, 0.2) is 10.9 Å². The number of aromatic amines is 1. The molecule has 2 saturated heterocycles. The Kier molecular flexibility index (Phi) is 5.61. The molecule has 7 nitrogen and oxygen atoms in total. The van der Waals surface area contributed by atoms with Gasteiger partial charge in [-0.1, -0.05) is 13.8 Å². The van der Waals surface area contributed by atoms with E-state index in [1.54, 1.807) is 0 Å². The number of ketones is 1. The van der Waals surface area contributed by atoms with Crippen LogP contribution in [0.1, 0.15) is 53.1 Å². The van der Waals surface area contributed by atoms with E-state index in [-0.39, 0.29) is 22.3 Å². The number of fused-ring (bicyclic) bond motifs is 1. The fourth-order valence-electron chi connectivity index (χ4n) is 4.67. The minimum Gasteiger partial charge on any atom is -0.379 e. The number of morpholine rings is 1. The van der Waals surface area contributed by atoms with E-state index in [0.717, 1.165) is 31.0 Å². The number of nitrogens with one attached hydrogen (secondary N) is 2. The molecule has 0 saturated carbocycles. The van der Waals surface area contributed by atoms with Gasteiger partial charge in [0.1, 0.15) is 5.56 Å². The van der Waals surface area contributed by atoms with Crippen LogP contribution in [0, 0.1) is 5.41 Å². The van der Waals surface area contributed by atoms with E-state index in [1.807, 2.05) is 25.6 Å². The average Bonchev–Trinajstić information content (AvgIpc) is 3.16. The highest BCUT2D eigenvalue weighted by Crippen LogP contribution is 2.34. The van der Waals surface area contributed by atoms with Gasteiger partial charge in [-0.2, -0.15) is 11.8 Å². The van der Waals surface area contributed by atoms with Crippen LogP contribution < -0.4 is 10.9 Å². The van der Waals surface area contributed by atoms with Gasteiger partial charge in [-0.3, -0.25) is 19.3 Å². The summed E-state index contributed by atoms with van der Waals surface area (Å²) in [6, 6.07) is 1.49. The van der Waals surface area contributed by atoms with Crippen molar-refractivity contribution in [3.05, 3.63) is 33.2 Å². The van der Waals surface area contributed by atoms with Crippen LogP contribution in [0.25, 0.3) is 0 Å². The van der Waals surface area contributed by atoms with Gasteiger partial charge in [0.25, 0.3) is 11.5 Å². The molecule has 1 unspecified atom stereocenters. The third-order valence-corrected chi connectivity index (χ3v) is 7.54. The van der Waals surface area contributed by atoms with Crippen molar-refractivity contribution in [1.82, 2.24) is 15.2 Å². The molecule has 1 atom stereocenters. The molecule has 1 aromatic rings. The smallest absolute Gasteiger partial charge is 0.261 e. The lowest BCUT2D eigenvalue weighted by Gasteiger charge is -2.43. The number of nitrogens with zero attached hydrogens (tertiary/aromatic N) is 1. The summed E-state index contributed by atoms with van der Waals surface area (Å²) in [5.74, 6) is 1.60. The first-order valence-corrected chi connectivity index (χ1v) is 11.4. The number of carbonyl (C=O) groups is 2. The number of pyridine rings is 1. The van der Waals surface area contributed by atoms with Gasteiger partial charge in [-0.15, -0.1) is 0 Å². The zero-order chi connectivity index (χ0) is 20.6. The number of Topliss-reactive ketones (excluding diaryl/α,β-unsaturated/α-hetero) is 1. The second kappa shape index (κ2) is 7.89. The normalized spacial score (nSPS) is 26.9. The zero-order valence-corrected chi connectivity index (χ0v) is 18.0. The van der Waals surface area contributed by atoms with E-state index in [9.17, 15) is 14.4 Å². The minimum atomic E-state index is -0.423. The highest BCUT2D eigenvalue weighted by molar-refractivity contribution is 7.99. The molecule has 3 heterocycles. The molecule has 8 heteroatoms. The largest absolute Gasteiger partial charge is 0.379 e. The zero-order valence-electron chi connectivity index (χ0n) is 17.1. The van der Waals surface area contributed by atoms with E-state index >= 15 is 0 Å². The SMILES string of the molecule is CC1(C)CC(=O)c2cc(C(=O)NCC3(N4CCOCC4)CCSC3)c(=O)[nH]c2C1. The number of thioether (sulfide) groups is 1. The molecule has 2 N–H and O–H groups in total. The Morgan fingerprint density at radius 1 is 1.28 bits per heavy atom. The summed E-state index contributed by atoms with van der Waals surface area (Å²) in [5, 5.41) is 2.99. The molecule has 1 aromatic heterocycles. The molecule has 1 amide bonds. The van der Waals surface area contributed by atoms with Crippen LogP contribution in [-0.4, -0.2) is 71.5 Å². The minimum absolute atomic E-state index is 0.0153. The second-order valence-corrected chi connectivity index (χ2v) is 10.3. The molecule has 3 aliphatic rings. The van der Waals surface area contributed by atoms with E-state index < -0.39 is 11.5 Å². The number of amides is 1. The lowest BCUT2D eigenvalue weighted by atomic mass is 9.75. The molecule has 0 aromatic carbocycles. The standard InChI is InChI=1S/C21H29N3O4S/c1-20(2)10-16-14(17(25)11-20)9-15(19(27)23-16)18(26)22-12-21(3-8-29-13-21)24-4-6-28-7-5-24/h9H,3-8,10-13H2,1-2H3,(H,22,26)(H,23,27). The molecular weight excluding hydrogens is 390 g/mol. The maximum atomic E-state index is 12.9. The molecule has 0 bridgehead atoms. The van der Waals surface area contributed by atoms with E-state index in [4.69, 9.17) is 4.74 Å². The van der Waals surface area contributed by atoms with Crippen molar-refractivity contribution in [1.29, 1.82) is 0 Å². The van der Waals surface area contributed by atoms with Gasteiger partial charge < -0.3 is 15.0 Å². The fraction of sp³-hybridized carbons (Fsp3) is 0.667. The summed E-state index contributed by atoms with van der Waals surface area (Å²) in [7, 11) is 0. The van der Waals surface area contributed by atoms with Crippen LogP contribution in [0.3, 0.4) is 0 Å². The first-order valence-electron chi connectivity index (χ1n) is 10.3. The van der Waals surface area contributed by atoms with Crippen molar-refractivity contribution >= 4 is 23.5 Å². The first-order chi connectivity index (χ1) is 13.8. The Morgan fingerprint density at radius 3 is 2.72 bits per heavy atom. The van der Waals surface area contributed by atoms with E-state index in [1.165, 1.54) is 6.07 Å². The van der Waals surface area contributed by atoms with Crippen molar-refractivity contribution in [2.24, 2.45) is 5.41 Å². The highest BCUT2D eigenvalue weighted by atomic mass is 32.2. The molecule has 0 spiro atoms. The summed E-state index contributed by atoms with van der Waals surface area (Å²) in [4.78, 5) is 43.2. The average molecular weight is 420 g/mol. The Labute approximate surface area is 175 Å². The monoisotopic (exact) mass is 419 g/mol. The maximum absolute atomic E-state index is 12.9. The molecule has 158 valence electrons. The highest BCUT2D eigenvalue weighted by Gasteiger charge is 2.41. The second-order valence-electron chi connectivity index (χ2n) is 9.15. The number of carbonyl (C=O) groups excluding carboxylic acids is 2. The van der Waals surface area contributed by atoms with Crippen LogP contribution >= 0.6 is 11.8 Å². The number of hydrogen-bond donors (Lipinski definition) is 2. The van der Waals surface area contributed by atoms with Gasteiger partial charge in [0.15, 0.2) is 5.78 Å². The number of H-pyrrole nitrogens is 1. The molecule has 4 rings (SSSR count). The third kappa shape index (κ3) is 4.15. The molecule has 0 radical (unpaired) electrons. The lowest BCUT2D eigenvalue weighted by Crippen LogP contribution is -2.59. The van der Waals surface area contributed by atoms with Crippen LogP contribution in [0.5, 0.6) is 0 Å². The van der Waals surface area contributed by atoms with E-state index in [2.05, 4.69) is 15.2 Å². The summed E-state index contributed by atoms with van der Waals surface area (Å²) in [6.45, 7) is 7.66. The van der Waals surface area contributed by atoms with Crippen molar-refractivity contribution in [3.63, 3.8) is 0 Å². The van der Waals surface area contributed by atoms with Crippen molar-refractivity contribution < 1.29 is 14.3 Å². The van der Waals surface area contributed by atoms with Crippen molar-refractivity contribution in [3.8, 4) is 0 Å². The first kappa shape index (κ1) is 20.6. The molecule has 2 fully saturated rings. The Bertz CT molecular complexity index is 867. The van der Waals surface area contributed by atoms with Crippen molar-refractivity contribution in [2.75, 3.05) is 44.4 Å². The number of ether oxygens (including phenoxy) is 1. The Hall–Kier alpha value is -1.64.